The summed E-state index contributed by atoms with van der Waals surface area (Å²) in [6.07, 6.45) is 0. The fraction of sp³-hybridized carbons (Fsp3) is 0.200. The summed E-state index contributed by atoms with van der Waals surface area (Å²) in [5.41, 5.74) is 1.88. The van der Waals surface area contributed by atoms with Crippen LogP contribution in [-0.2, 0) is 0 Å². The second-order valence-electron chi connectivity index (χ2n) is 3.09. The molecule has 0 saturated heterocycles. The van der Waals surface area contributed by atoms with E-state index in [4.69, 9.17) is 5.11 Å². The van der Waals surface area contributed by atoms with Crippen molar-refractivity contribution >= 4 is 23.7 Å². The highest BCUT2D eigenvalue weighted by Crippen LogP contribution is 2.17. The van der Waals surface area contributed by atoms with Gasteiger partial charge in [0, 0.05) is 5.56 Å². The SMILES string of the molecule is Cc1cc(C(=O)S)c(C)cc1C(=O)O. The van der Waals surface area contributed by atoms with Crippen LogP contribution in [0.1, 0.15) is 31.8 Å². The highest BCUT2D eigenvalue weighted by atomic mass is 32.1. The Labute approximate surface area is 87.2 Å². The minimum absolute atomic E-state index is 0.223. The lowest BCUT2D eigenvalue weighted by atomic mass is 10.0. The van der Waals surface area contributed by atoms with E-state index in [2.05, 4.69) is 12.6 Å². The summed E-state index contributed by atoms with van der Waals surface area (Å²) >= 11 is 3.70. The quantitative estimate of drug-likeness (QED) is 0.735. The maximum Gasteiger partial charge on any atom is 0.335 e. The van der Waals surface area contributed by atoms with Crippen LogP contribution in [0.3, 0.4) is 0 Å². The van der Waals surface area contributed by atoms with Crippen LogP contribution in [0.15, 0.2) is 12.1 Å². The van der Waals surface area contributed by atoms with Gasteiger partial charge in [0.05, 0.1) is 5.56 Å². The molecular formula is C10H10O3S. The van der Waals surface area contributed by atoms with Gasteiger partial charge in [0.25, 0.3) is 0 Å². The zero-order valence-corrected chi connectivity index (χ0v) is 8.76. The van der Waals surface area contributed by atoms with Crippen molar-refractivity contribution in [3.05, 3.63) is 34.4 Å². The molecule has 14 heavy (non-hydrogen) atoms. The molecule has 0 saturated carbocycles. The molecule has 0 aliphatic rings. The molecule has 0 radical (unpaired) electrons. The van der Waals surface area contributed by atoms with Crippen molar-refractivity contribution in [2.45, 2.75) is 13.8 Å². The number of hydrogen-bond donors (Lipinski definition) is 2. The van der Waals surface area contributed by atoms with Gasteiger partial charge in [-0.1, -0.05) is 0 Å². The van der Waals surface area contributed by atoms with E-state index in [1.165, 1.54) is 6.07 Å². The zero-order chi connectivity index (χ0) is 10.9. The number of rotatable bonds is 2. The Morgan fingerprint density at radius 2 is 1.57 bits per heavy atom. The molecule has 0 aliphatic heterocycles. The number of hydrogen-bond acceptors (Lipinski definition) is 2. The van der Waals surface area contributed by atoms with Crippen LogP contribution in [0.25, 0.3) is 0 Å². The van der Waals surface area contributed by atoms with Crippen LogP contribution >= 0.6 is 12.6 Å². The van der Waals surface area contributed by atoms with Crippen molar-refractivity contribution in [3.8, 4) is 0 Å². The molecule has 0 bridgehead atoms. The number of aromatic carboxylic acids is 1. The smallest absolute Gasteiger partial charge is 0.335 e. The van der Waals surface area contributed by atoms with Crippen LogP contribution in [0.5, 0.6) is 0 Å². The molecule has 0 heterocycles. The van der Waals surface area contributed by atoms with Crippen molar-refractivity contribution in [2.24, 2.45) is 0 Å². The van der Waals surface area contributed by atoms with E-state index < -0.39 is 5.97 Å². The van der Waals surface area contributed by atoms with Gasteiger partial charge in [0.2, 0.25) is 5.12 Å². The lowest BCUT2D eigenvalue weighted by molar-refractivity contribution is 0.0695. The summed E-state index contributed by atoms with van der Waals surface area (Å²) in [7, 11) is 0. The first-order valence-electron chi connectivity index (χ1n) is 4.01. The van der Waals surface area contributed by atoms with Crippen molar-refractivity contribution in [3.63, 3.8) is 0 Å². The lowest BCUT2D eigenvalue weighted by Gasteiger charge is -2.06. The Hall–Kier alpha value is -1.29. The number of carboxylic acid groups (broad SMARTS) is 1. The molecule has 3 nitrogen and oxygen atoms in total. The van der Waals surface area contributed by atoms with Crippen molar-refractivity contribution < 1.29 is 14.7 Å². The highest BCUT2D eigenvalue weighted by Gasteiger charge is 2.12. The van der Waals surface area contributed by atoms with Crippen molar-refractivity contribution in [1.82, 2.24) is 0 Å². The van der Waals surface area contributed by atoms with E-state index in [0.29, 0.717) is 16.7 Å². The third-order valence-electron chi connectivity index (χ3n) is 2.03. The summed E-state index contributed by atoms with van der Waals surface area (Å²) in [5, 5.41) is 8.47. The summed E-state index contributed by atoms with van der Waals surface area (Å²) in [4.78, 5) is 21.8. The Balaban J connectivity index is 3.38. The molecule has 0 spiro atoms. The summed E-state index contributed by atoms with van der Waals surface area (Å²) in [5.74, 6) is -0.983. The second-order valence-corrected chi connectivity index (χ2v) is 3.50. The second kappa shape index (κ2) is 3.84. The number of carboxylic acids is 1. The molecule has 1 rings (SSSR count). The van der Waals surface area contributed by atoms with Crippen LogP contribution in [0, 0.1) is 13.8 Å². The first-order chi connectivity index (χ1) is 6.43. The Morgan fingerprint density at radius 1 is 1.14 bits per heavy atom. The molecule has 74 valence electrons. The highest BCUT2D eigenvalue weighted by molar-refractivity contribution is 7.97. The van der Waals surface area contributed by atoms with E-state index in [9.17, 15) is 9.59 Å². The third kappa shape index (κ3) is 1.96. The van der Waals surface area contributed by atoms with E-state index in [-0.39, 0.29) is 10.7 Å². The molecule has 0 aromatic heterocycles. The lowest BCUT2D eigenvalue weighted by Crippen LogP contribution is -2.03. The number of aryl methyl sites for hydroxylation is 2. The molecular weight excluding hydrogens is 200 g/mol. The maximum atomic E-state index is 11.0. The topological polar surface area (TPSA) is 54.4 Å². The van der Waals surface area contributed by atoms with Gasteiger partial charge in [-0.15, -0.1) is 12.6 Å². The minimum Gasteiger partial charge on any atom is -0.478 e. The largest absolute Gasteiger partial charge is 0.478 e. The predicted octanol–water partition coefficient (Wildman–Crippen LogP) is 2.07. The average molecular weight is 210 g/mol. The molecule has 1 aromatic carbocycles. The van der Waals surface area contributed by atoms with Gasteiger partial charge >= 0.3 is 5.97 Å². The first kappa shape index (κ1) is 10.8. The van der Waals surface area contributed by atoms with E-state index in [1.807, 2.05) is 0 Å². The third-order valence-corrected chi connectivity index (χ3v) is 2.27. The predicted molar refractivity (Wildman–Crippen MR) is 56.2 cm³/mol. The molecule has 0 aliphatic carbocycles. The van der Waals surface area contributed by atoms with Gasteiger partial charge in [-0.25, -0.2) is 4.79 Å². The van der Waals surface area contributed by atoms with E-state index >= 15 is 0 Å². The molecule has 1 N–H and O–H groups in total. The summed E-state index contributed by atoms with van der Waals surface area (Å²) in [6, 6.07) is 3.04. The standard InChI is InChI=1S/C10H10O3S/c1-5-4-8(10(13)14)6(2)3-7(5)9(11)12/h3-4H,1-2H3,(H,11,12)(H,13,14). The van der Waals surface area contributed by atoms with Gasteiger partial charge in [-0.2, -0.15) is 0 Å². The van der Waals surface area contributed by atoms with Crippen LogP contribution < -0.4 is 0 Å². The molecule has 0 fully saturated rings. The van der Waals surface area contributed by atoms with E-state index in [1.54, 1.807) is 19.9 Å². The molecule has 1 aromatic rings. The minimum atomic E-state index is -0.983. The average Bonchev–Trinajstić information content (AvgIpc) is 2.07. The molecule has 4 heteroatoms. The number of carbonyl (C=O) groups is 2. The fourth-order valence-electron chi connectivity index (χ4n) is 1.28. The van der Waals surface area contributed by atoms with Crippen LogP contribution in [0.4, 0.5) is 0 Å². The number of carbonyl (C=O) groups excluding carboxylic acids is 1. The fourth-order valence-corrected chi connectivity index (χ4v) is 1.52. The Bertz CT molecular complexity index is 370. The normalized spacial score (nSPS) is 9.93. The van der Waals surface area contributed by atoms with Gasteiger partial charge in [0.15, 0.2) is 0 Å². The van der Waals surface area contributed by atoms with Crippen molar-refractivity contribution in [1.29, 1.82) is 0 Å². The van der Waals surface area contributed by atoms with Gasteiger partial charge in [0.1, 0.15) is 0 Å². The van der Waals surface area contributed by atoms with Gasteiger partial charge in [-0.05, 0) is 37.1 Å². The number of benzene rings is 1. The first-order valence-corrected chi connectivity index (χ1v) is 4.46. The number of thiol groups is 1. The van der Waals surface area contributed by atoms with Crippen molar-refractivity contribution in [2.75, 3.05) is 0 Å². The van der Waals surface area contributed by atoms with Gasteiger partial charge in [-0.3, -0.25) is 4.79 Å². The monoisotopic (exact) mass is 210 g/mol. The molecule has 0 amide bonds. The molecule has 0 unspecified atom stereocenters. The van der Waals surface area contributed by atoms with E-state index in [0.717, 1.165) is 0 Å². The van der Waals surface area contributed by atoms with Crippen LogP contribution in [0.2, 0.25) is 0 Å². The van der Waals surface area contributed by atoms with Crippen LogP contribution in [-0.4, -0.2) is 16.2 Å². The zero-order valence-electron chi connectivity index (χ0n) is 7.87. The van der Waals surface area contributed by atoms with Gasteiger partial charge < -0.3 is 5.11 Å². The molecule has 0 atom stereocenters. The summed E-state index contributed by atoms with van der Waals surface area (Å²) in [6.45, 7) is 3.35. The Kier molecular flexibility index (Phi) is 2.96. The summed E-state index contributed by atoms with van der Waals surface area (Å²) < 4.78 is 0. The maximum absolute atomic E-state index is 11.0. The Morgan fingerprint density at radius 3 is 2.00 bits per heavy atom.